The monoisotopic (exact) mass is 165 g/mol. The minimum atomic E-state index is -0.606. The number of hydrogen-bond donors (Lipinski definition) is 0. The molecule has 0 amide bonds. The maximum absolute atomic E-state index is 10.4. The van der Waals surface area contributed by atoms with Crippen LogP contribution in [0.2, 0.25) is 0 Å². The summed E-state index contributed by atoms with van der Waals surface area (Å²) in [5.41, 5.74) is 1.87. The lowest BCUT2D eigenvalue weighted by Gasteiger charge is -2.03. The van der Waals surface area contributed by atoms with Crippen LogP contribution in [0.25, 0.3) is 0 Å². The molecule has 0 aromatic heterocycles. The Hall–Kier alpha value is -1.38. The molecule has 0 fully saturated rings. The van der Waals surface area contributed by atoms with Gasteiger partial charge < -0.3 is 0 Å². The lowest BCUT2D eigenvalue weighted by molar-refractivity contribution is -0.524. The Labute approximate surface area is 71.2 Å². The minimum Gasteiger partial charge on any atom is -0.264 e. The van der Waals surface area contributed by atoms with Gasteiger partial charge in [-0.3, -0.25) is 10.1 Å². The average molecular weight is 165 g/mol. The van der Waals surface area contributed by atoms with E-state index in [2.05, 4.69) is 0 Å². The molecule has 0 aliphatic carbocycles. The molecule has 0 bridgehead atoms. The molecule has 1 aromatic carbocycles. The van der Waals surface area contributed by atoms with Gasteiger partial charge in [0.1, 0.15) is 0 Å². The molecule has 0 radical (unpaired) electrons. The maximum atomic E-state index is 10.4. The van der Waals surface area contributed by atoms with Crippen LogP contribution in [-0.2, 0) is 0 Å². The second kappa shape index (κ2) is 3.34. The summed E-state index contributed by atoms with van der Waals surface area (Å²) in [6.45, 7) is 3.55. The van der Waals surface area contributed by atoms with Crippen molar-refractivity contribution in [3.63, 3.8) is 0 Å². The van der Waals surface area contributed by atoms with Crippen LogP contribution in [-0.4, -0.2) is 4.92 Å². The van der Waals surface area contributed by atoms with E-state index in [9.17, 15) is 10.1 Å². The molecule has 3 nitrogen and oxygen atoms in total. The van der Waals surface area contributed by atoms with Crippen molar-refractivity contribution in [3.05, 3.63) is 45.5 Å². The number of nitro groups is 1. The summed E-state index contributed by atoms with van der Waals surface area (Å²) < 4.78 is 0. The van der Waals surface area contributed by atoms with E-state index in [0.717, 1.165) is 11.1 Å². The van der Waals surface area contributed by atoms with Crippen molar-refractivity contribution < 1.29 is 4.92 Å². The fraction of sp³-hybridized carbons (Fsp3) is 0.333. The van der Waals surface area contributed by atoms with E-state index < -0.39 is 6.04 Å². The first kappa shape index (κ1) is 8.71. The molecule has 0 N–H and O–H groups in total. The lowest BCUT2D eigenvalue weighted by Crippen LogP contribution is -2.05. The molecule has 0 heterocycles. The van der Waals surface area contributed by atoms with Gasteiger partial charge in [0.2, 0.25) is 6.04 Å². The number of nitrogens with zero attached hydrogens (tertiary/aromatic N) is 1. The molecule has 0 unspecified atom stereocenters. The first-order chi connectivity index (χ1) is 5.61. The predicted molar refractivity (Wildman–Crippen MR) is 46.6 cm³/mol. The SMILES string of the molecule is Cc1ccc([C@@H](C)[N+](=O)[O-])cc1. The second-order valence-corrected chi connectivity index (χ2v) is 2.87. The second-order valence-electron chi connectivity index (χ2n) is 2.87. The zero-order valence-corrected chi connectivity index (χ0v) is 7.15. The van der Waals surface area contributed by atoms with Crippen molar-refractivity contribution in [3.8, 4) is 0 Å². The van der Waals surface area contributed by atoms with Crippen LogP contribution in [0, 0.1) is 17.0 Å². The summed E-state index contributed by atoms with van der Waals surface area (Å²) >= 11 is 0. The van der Waals surface area contributed by atoms with E-state index >= 15 is 0 Å². The fourth-order valence-electron chi connectivity index (χ4n) is 0.967. The molecule has 0 aliphatic heterocycles. The Bertz CT molecular complexity index is 279. The van der Waals surface area contributed by atoms with Gasteiger partial charge in [0.15, 0.2) is 0 Å². The van der Waals surface area contributed by atoms with E-state index in [-0.39, 0.29) is 4.92 Å². The van der Waals surface area contributed by atoms with Crippen molar-refractivity contribution in [2.75, 3.05) is 0 Å². The Balaban J connectivity index is 2.89. The fourth-order valence-corrected chi connectivity index (χ4v) is 0.967. The van der Waals surface area contributed by atoms with Crippen molar-refractivity contribution in [1.29, 1.82) is 0 Å². The molecule has 3 heteroatoms. The molecule has 1 aromatic rings. The largest absolute Gasteiger partial charge is 0.264 e. The van der Waals surface area contributed by atoms with Crippen LogP contribution < -0.4 is 0 Å². The van der Waals surface area contributed by atoms with Crippen LogP contribution >= 0.6 is 0 Å². The third kappa shape index (κ3) is 1.81. The highest BCUT2D eigenvalue weighted by Crippen LogP contribution is 2.15. The van der Waals surface area contributed by atoms with E-state index in [0.29, 0.717) is 0 Å². The molecule has 0 spiro atoms. The summed E-state index contributed by atoms with van der Waals surface area (Å²) in [4.78, 5) is 10.1. The Kier molecular flexibility index (Phi) is 2.43. The summed E-state index contributed by atoms with van der Waals surface area (Å²) in [6.07, 6.45) is 0. The summed E-state index contributed by atoms with van der Waals surface area (Å²) in [5.74, 6) is 0. The normalized spacial score (nSPS) is 12.5. The van der Waals surface area contributed by atoms with E-state index in [1.54, 1.807) is 19.1 Å². The maximum Gasteiger partial charge on any atom is 0.235 e. The van der Waals surface area contributed by atoms with Gasteiger partial charge in [0.25, 0.3) is 0 Å². The smallest absolute Gasteiger partial charge is 0.235 e. The van der Waals surface area contributed by atoms with Gasteiger partial charge in [0, 0.05) is 17.4 Å². The molecule has 1 rings (SSSR count). The first-order valence-electron chi connectivity index (χ1n) is 3.81. The molecule has 1 atom stereocenters. The number of rotatable bonds is 2. The molecule has 0 saturated heterocycles. The van der Waals surface area contributed by atoms with Crippen molar-refractivity contribution in [1.82, 2.24) is 0 Å². The molecule has 64 valence electrons. The highest BCUT2D eigenvalue weighted by Gasteiger charge is 2.14. The predicted octanol–water partition coefficient (Wildman–Crippen LogP) is 2.33. The van der Waals surface area contributed by atoms with Gasteiger partial charge in [-0.25, -0.2) is 0 Å². The van der Waals surface area contributed by atoms with Crippen molar-refractivity contribution in [2.24, 2.45) is 0 Å². The highest BCUT2D eigenvalue weighted by atomic mass is 16.6. The van der Waals surface area contributed by atoms with E-state index in [1.165, 1.54) is 0 Å². The van der Waals surface area contributed by atoms with Gasteiger partial charge in [-0.1, -0.05) is 29.8 Å². The van der Waals surface area contributed by atoms with Crippen LogP contribution in [0.15, 0.2) is 24.3 Å². The highest BCUT2D eigenvalue weighted by molar-refractivity contribution is 5.22. The third-order valence-corrected chi connectivity index (χ3v) is 1.88. The quantitative estimate of drug-likeness (QED) is 0.498. The van der Waals surface area contributed by atoms with Crippen LogP contribution in [0.5, 0.6) is 0 Å². The van der Waals surface area contributed by atoms with Crippen LogP contribution in [0.1, 0.15) is 24.1 Å². The third-order valence-electron chi connectivity index (χ3n) is 1.88. The molecule has 12 heavy (non-hydrogen) atoms. The summed E-state index contributed by atoms with van der Waals surface area (Å²) in [6, 6.07) is 6.75. The molecule has 0 saturated carbocycles. The first-order valence-corrected chi connectivity index (χ1v) is 3.81. The van der Waals surface area contributed by atoms with Gasteiger partial charge >= 0.3 is 0 Å². The van der Waals surface area contributed by atoms with Gasteiger partial charge in [0.05, 0.1) is 0 Å². The van der Waals surface area contributed by atoms with E-state index in [1.807, 2.05) is 19.1 Å². The summed E-state index contributed by atoms with van der Waals surface area (Å²) in [7, 11) is 0. The number of aryl methyl sites for hydroxylation is 1. The minimum absolute atomic E-state index is 0.287. The van der Waals surface area contributed by atoms with E-state index in [4.69, 9.17) is 0 Å². The van der Waals surface area contributed by atoms with Crippen molar-refractivity contribution in [2.45, 2.75) is 19.9 Å². The zero-order chi connectivity index (χ0) is 9.14. The number of benzene rings is 1. The van der Waals surface area contributed by atoms with Gasteiger partial charge in [-0.2, -0.15) is 0 Å². The Morgan fingerprint density at radius 3 is 2.25 bits per heavy atom. The standard InChI is InChI=1S/C9H11NO2/c1-7-3-5-9(6-4-7)8(2)10(11)12/h3-6,8H,1-2H3/t8-/m1/s1. The lowest BCUT2D eigenvalue weighted by atomic mass is 10.1. The molecular weight excluding hydrogens is 154 g/mol. The average Bonchev–Trinajstić information content (AvgIpc) is 2.04. The van der Waals surface area contributed by atoms with Crippen molar-refractivity contribution >= 4 is 0 Å². The van der Waals surface area contributed by atoms with Gasteiger partial charge in [-0.15, -0.1) is 0 Å². The van der Waals surface area contributed by atoms with Gasteiger partial charge in [-0.05, 0) is 6.92 Å². The Morgan fingerprint density at radius 2 is 1.83 bits per heavy atom. The van der Waals surface area contributed by atoms with Crippen LogP contribution in [0.3, 0.4) is 0 Å². The number of hydrogen-bond acceptors (Lipinski definition) is 2. The summed E-state index contributed by atoms with van der Waals surface area (Å²) in [5, 5.41) is 10.4. The Morgan fingerprint density at radius 1 is 1.33 bits per heavy atom. The topological polar surface area (TPSA) is 43.1 Å². The molecule has 0 aliphatic rings. The zero-order valence-electron chi connectivity index (χ0n) is 7.15. The van der Waals surface area contributed by atoms with Crippen LogP contribution in [0.4, 0.5) is 0 Å². The molecular formula is C9H11NO2.